The van der Waals surface area contributed by atoms with Crippen molar-refractivity contribution in [3.8, 4) is 11.5 Å². The zero-order valence-electron chi connectivity index (χ0n) is 14.8. The number of anilines is 1. The van der Waals surface area contributed by atoms with Crippen LogP contribution in [-0.4, -0.2) is 63.8 Å². The highest BCUT2D eigenvalue weighted by atomic mass is 79.9. The molecule has 2 amide bonds. The number of nitrogens with zero attached hydrogens (tertiary/aromatic N) is 2. The molecular formula is C17H26BrN3O3. The van der Waals surface area contributed by atoms with Crippen LogP contribution in [0.1, 0.15) is 12.8 Å². The molecule has 1 saturated heterocycles. The molecule has 0 bridgehead atoms. The Kier molecular flexibility index (Phi) is 6.74. The van der Waals surface area contributed by atoms with Crippen LogP contribution >= 0.6 is 15.9 Å². The predicted octanol–water partition coefficient (Wildman–Crippen LogP) is 3.27. The van der Waals surface area contributed by atoms with Crippen molar-refractivity contribution in [3.63, 3.8) is 0 Å². The molecule has 0 saturated carbocycles. The highest BCUT2D eigenvalue weighted by molar-refractivity contribution is 9.10. The van der Waals surface area contributed by atoms with Crippen LogP contribution in [0.4, 0.5) is 10.5 Å². The van der Waals surface area contributed by atoms with Crippen molar-refractivity contribution in [2.75, 3.05) is 53.3 Å². The van der Waals surface area contributed by atoms with Crippen LogP contribution in [0.25, 0.3) is 0 Å². The molecule has 0 aromatic heterocycles. The van der Waals surface area contributed by atoms with Gasteiger partial charge in [0.05, 0.1) is 19.9 Å². The lowest BCUT2D eigenvalue weighted by molar-refractivity contribution is 0.170. The average Bonchev–Trinajstić information content (AvgIpc) is 2.56. The number of hydrogen-bond acceptors (Lipinski definition) is 4. The molecule has 0 spiro atoms. The first-order valence-corrected chi connectivity index (χ1v) is 8.86. The maximum absolute atomic E-state index is 12.5. The number of carbonyl (C=O) groups excluding carboxylic acids is 1. The van der Waals surface area contributed by atoms with Crippen LogP contribution in [0.15, 0.2) is 16.6 Å². The van der Waals surface area contributed by atoms with Crippen molar-refractivity contribution in [1.82, 2.24) is 9.80 Å². The molecule has 1 aromatic rings. The molecule has 134 valence electrons. The Morgan fingerprint density at radius 3 is 2.67 bits per heavy atom. The monoisotopic (exact) mass is 399 g/mol. The number of nitrogens with one attached hydrogen (secondary N) is 1. The number of carbonyl (C=O) groups is 1. The fourth-order valence-corrected chi connectivity index (χ4v) is 3.47. The summed E-state index contributed by atoms with van der Waals surface area (Å²) in [6, 6.07) is 3.41. The molecule has 0 aliphatic carbocycles. The number of rotatable bonds is 5. The molecule has 1 aliphatic heterocycles. The summed E-state index contributed by atoms with van der Waals surface area (Å²) in [6.07, 6.45) is 2.36. The maximum Gasteiger partial charge on any atom is 0.321 e. The SMILES string of the molecule is COc1cc(Br)c(NC(=O)N(C)CC2CCCN(C)C2)cc1OC. The molecule has 1 fully saturated rings. The van der Waals surface area contributed by atoms with Gasteiger partial charge < -0.3 is 24.6 Å². The quantitative estimate of drug-likeness (QED) is 0.825. The van der Waals surface area contributed by atoms with E-state index in [-0.39, 0.29) is 6.03 Å². The Hall–Kier alpha value is -1.47. The summed E-state index contributed by atoms with van der Waals surface area (Å²) in [5.41, 5.74) is 0.658. The van der Waals surface area contributed by atoms with Crippen LogP contribution in [0.2, 0.25) is 0 Å². The van der Waals surface area contributed by atoms with Gasteiger partial charge in [-0.2, -0.15) is 0 Å². The molecule has 1 N–H and O–H groups in total. The molecule has 24 heavy (non-hydrogen) atoms. The van der Waals surface area contributed by atoms with Gasteiger partial charge in [-0.1, -0.05) is 0 Å². The molecule has 6 nitrogen and oxygen atoms in total. The van der Waals surface area contributed by atoms with Crippen molar-refractivity contribution < 1.29 is 14.3 Å². The summed E-state index contributed by atoms with van der Waals surface area (Å²) in [5.74, 6) is 1.71. The number of hydrogen-bond donors (Lipinski definition) is 1. The number of urea groups is 1. The minimum Gasteiger partial charge on any atom is -0.493 e. The standard InChI is InChI=1S/C17H26BrN3O3/c1-20-7-5-6-12(10-20)11-21(2)17(22)19-14-9-16(24-4)15(23-3)8-13(14)18/h8-9,12H,5-7,10-11H2,1-4H3,(H,19,22). The second-order valence-corrected chi connectivity index (χ2v) is 7.12. The lowest BCUT2D eigenvalue weighted by atomic mass is 9.98. The van der Waals surface area contributed by atoms with E-state index in [0.29, 0.717) is 23.1 Å². The first-order chi connectivity index (χ1) is 11.4. The molecule has 1 atom stereocenters. The summed E-state index contributed by atoms with van der Waals surface area (Å²) in [4.78, 5) is 16.5. The maximum atomic E-state index is 12.5. The van der Waals surface area contributed by atoms with Crippen molar-refractivity contribution in [2.45, 2.75) is 12.8 Å². The summed E-state index contributed by atoms with van der Waals surface area (Å²) in [6.45, 7) is 2.93. The van der Waals surface area contributed by atoms with Gasteiger partial charge in [0.25, 0.3) is 0 Å². The Morgan fingerprint density at radius 1 is 1.38 bits per heavy atom. The molecular weight excluding hydrogens is 374 g/mol. The van der Waals surface area contributed by atoms with E-state index in [4.69, 9.17) is 9.47 Å². The second kappa shape index (κ2) is 8.58. The summed E-state index contributed by atoms with van der Waals surface area (Å²) in [7, 11) is 7.12. The smallest absolute Gasteiger partial charge is 0.321 e. The Morgan fingerprint density at radius 2 is 2.04 bits per heavy atom. The summed E-state index contributed by atoms with van der Waals surface area (Å²) < 4.78 is 11.3. The third-order valence-electron chi connectivity index (χ3n) is 4.32. The number of ether oxygens (including phenoxy) is 2. The predicted molar refractivity (Wildman–Crippen MR) is 99.1 cm³/mol. The van der Waals surface area contributed by atoms with Gasteiger partial charge in [-0.25, -0.2) is 4.79 Å². The third-order valence-corrected chi connectivity index (χ3v) is 4.97. The van der Waals surface area contributed by atoms with Gasteiger partial charge in [0, 0.05) is 36.7 Å². The van der Waals surface area contributed by atoms with Crippen LogP contribution in [0.5, 0.6) is 11.5 Å². The number of halogens is 1. The van der Waals surface area contributed by atoms with Gasteiger partial charge in [-0.15, -0.1) is 0 Å². The van der Waals surface area contributed by atoms with Gasteiger partial charge in [-0.05, 0) is 48.3 Å². The average molecular weight is 400 g/mol. The van der Waals surface area contributed by atoms with E-state index in [0.717, 1.165) is 24.1 Å². The lowest BCUT2D eigenvalue weighted by Crippen LogP contribution is -2.41. The van der Waals surface area contributed by atoms with E-state index in [9.17, 15) is 4.79 Å². The third kappa shape index (κ3) is 4.77. The molecule has 1 heterocycles. The lowest BCUT2D eigenvalue weighted by Gasteiger charge is -2.32. The Balaban J connectivity index is 2.00. The molecule has 2 rings (SSSR count). The zero-order valence-corrected chi connectivity index (χ0v) is 16.4. The van der Waals surface area contributed by atoms with E-state index in [1.54, 1.807) is 31.3 Å². The molecule has 7 heteroatoms. The van der Waals surface area contributed by atoms with Gasteiger partial charge >= 0.3 is 6.03 Å². The molecule has 1 unspecified atom stereocenters. The van der Waals surface area contributed by atoms with E-state index in [2.05, 4.69) is 33.2 Å². The minimum atomic E-state index is -0.129. The summed E-state index contributed by atoms with van der Waals surface area (Å²) >= 11 is 3.46. The summed E-state index contributed by atoms with van der Waals surface area (Å²) in [5, 5.41) is 2.93. The van der Waals surface area contributed by atoms with Crippen molar-refractivity contribution >= 4 is 27.6 Å². The number of piperidine rings is 1. The van der Waals surface area contributed by atoms with Crippen LogP contribution in [0.3, 0.4) is 0 Å². The van der Waals surface area contributed by atoms with Gasteiger partial charge in [-0.3, -0.25) is 0 Å². The highest BCUT2D eigenvalue weighted by Gasteiger charge is 2.21. The molecule has 0 radical (unpaired) electrons. The molecule has 1 aliphatic rings. The number of benzene rings is 1. The van der Waals surface area contributed by atoms with E-state index >= 15 is 0 Å². The van der Waals surface area contributed by atoms with E-state index in [1.165, 1.54) is 12.8 Å². The number of methoxy groups -OCH3 is 2. The van der Waals surface area contributed by atoms with Crippen LogP contribution in [0, 0.1) is 5.92 Å². The highest BCUT2D eigenvalue weighted by Crippen LogP contribution is 2.36. The topological polar surface area (TPSA) is 54.0 Å². The molecule has 1 aromatic carbocycles. The van der Waals surface area contributed by atoms with Gasteiger partial charge in [0.15, 0.2) is 11.5 Å². The van der Waals surface area contributed by atoms with Crippen LogP contribution < -0.4 is 14.8 Å². The van der Waals surface area contributed by atoms with Gasteiger partial charge in [0.1, 0.15) is 0 Å². The van der Waals surface area contributed by atoms with Crippen LogP contribution in [-0.2, 0) is 0 Å². The first-order valence-electron chi connectivity index (χ1n) is 8.06. The fraction of sp³-hybridized carbons (Fsp3) is 0.588. The van der Waals surface area contributed by atoms with Crippen molar-refractivity contribution in [2.24, 2.45) is 5.92 Å². The first kappa shape index (κ1) is 18.9. The van der Waals surface area contributed by atoms with Crippen molar-refractivity contribution in [3.05, 3.63) is 16.6 Å². The van der Waals surface area contributed by atoms with Gasteiger partial charge in [0.2, 0.25) is 0 Å². The zero-order chi connectivity index (χ0) is 17.7. The van der Waals surface area contributed by atoms with E-state index < -0.39 is 0 Å². The second-order valence-electron chi connectivity index (χ2n) is 6.27. The minimum absolute atomic E-state index is 0.129. The van der Waals surface area contributed by atoms with E-state index in [1.807, 2.05) is 7.05 Å². The van der Waals surface area contributed by atoms with Crippen molar-refractivity contribution in [1.29, 1.82) is 0 Å². The Labute approximate surface area is 152 Å². The number of amides is 2. The Bertz CT molecular complexity index is 582. The number of likely N-dealkylation sites (tertiary alicyclic amines) is 1. The normalized spacial score (nSPS) is 18.1. The fourth-order valence-electron chi connectivity index (χ4n) is 3.05. The largest absolute Gasteiger partial charge is 0.493 e.